The first-order valence-corrected chi connectivity index (χ1v) is 16.9. The summed E-state index contributed by atoms with van der Waals surface area (Å²) in [6, 6.07) is 22.6. The number of nitrogens with zero attached hydrogens (tertiary/aromatic N) is 3. The van der Waals surface area contributed by atoms with Gasteiger partial charge in [0.15, 0.2) is 0 Å². The minimum Gasteiger partial charge on any atom is -0.372 e. The predicted molar refractivity (Wildman–Crippen MR) is 180 cm³/mol. The standard InChI is InChI=1S/C33H31BrN4O4S2/c1-4-36(5-2)23-14-8-20(9-15-23)26-27-28(31(41)38(30(27)40)24-16-10-21(34)11-17-24)43-32-29(26)44-33(42)37(32)18-25(39)35-22-12-6-19(3)7-13-22/h6-17,26-28H,4-5,18H2,1-3H3,(H,35,39). The summed E-state index contributed by atoms with van der Waals surface area (Å²) in [7, 11) is 0. The average Bonchev–Trinajstić information content (AvgIpc) is 3.46. The van der Waals surface area contributed by atoms with Gasteiger partial charge in [0.25, 0.3) is 0 Å². The third kappa shape index (κ3) is 5.52. The van der Waals surface area contributed by atoms with Crippen LogP contribution in [0.25, 0.3) is 0 Å². The number of hydrogen-bond acceptors (Lipinski definition) is 7. The van der Waals surface area contributed by atoms with Crippen LogP contribution >= 0.6 is 39.0 Å². The van der Waals surface area contributed by atoms with E-state index in [9.17, 15) is 19.2 Å². The van der Waals surface area contributed by atoms with Gasteiger partial charge in [0.05, 0.1) is 16.6 Å². The number of fused-ring (bicyclic) bond motifs is 2. The molecule has 3 heterocycles. The number of carbonyl (C=O) groups is 3. The van der Waals surface area contributed by atoms with Crippen molar-refractivity contribution in [3.05, 3.63) is 103 Å². The van der Waals surface area contributed by atoms with Gasteiger partial charge in [0.2, 0.25) is 17.7 Å². The molecule has 8 nitrogen and oxygen atoms in total. The van der Waals surface area contributed by atoms with Crippen LogP contribution in [0.3, 0.4) is 0 Å². The van der Waals surface area contributed by atoms with E-state index in [1.807, 2.05) is 55.5 Å². The molecule has 1 saturated heterocycles. The Hall–Kier alpha value is -3.67. The zero-order valence-electron chi connectivity index (χ0n) is 24.5. The number of thioether (sulfide) groups is 1. The van der Waals surface area contributed by atoms with Gasteiger partial charge in [0, 0.05) is 39.7 Å². The molecule has 11 heteroatoms. The lowest BCUT2D eigenvalue weighted by Gasteiger charge is -2.31. The van der Waals surface area contributed by atoms with Gasteiger partial charge >= 0.3 is 4.87 Å². The van der Waals surface area contributed by atoms with Gasteiger partial charge in [-0.05, 0) is 74.9 Å². The molecule has 1 aromatic heterocycles. The Morgan fingerprint density at radius 2 is 1.57 bits per heavy atom. The van der Waals surface area contributed by atoms with Crippen molar-refractivity contribution in [1.82, 2.24) is 4.57 Å². The SMILES string of the molecule is CCN(CC)c1ccc(C2c3sc(=O)n(CC(=O)Nc4ccc(C)cc4)c3SC3C(=O)N(c4ccc(Br)cc4)C(=O)C32)cc1. The van der Waals surface area contributed by atoms with Gasteiger partial charge < -0.3 is 10.2 Å². The summed E-state index contributed by atoms with van der Waals surface area (Å²) >= 11 is 5.69. The molecule has 2 aliphatic rings. The van der Waals surface area contributed by atoms with Crippen LogP contribution in [0.5, 0.6) is 0 Å². The molecule has 3 unspecified atom stereocenters. The number of carbonyl (C=O) groups excluding carboxylic acids is 3. The summed E-state index contributed by atoms with van der Waals surface area (Å²) in [5, 5.41) is 2.69. The number of amides is 3. The molecular formula is C33H31BrN4O4S2. The summed E-state index contributed by atoms with van der Waals surface area (Å²) in [6.45, 7) is 7.68. The summed E-state index contributed by atoms with van der Waals surface area (Å²) in [5.41, 5.74) is 4.13. The van der Waals surface area contributed by atoms with Crippen LogP contribution in [0, 0.1) is 12.8 Å². The molecule has 0 radical (unpaired) electrons. The van der Waals surface area contributed by atoms with E-state index in [2.05, 4.69) is 40.0 Å². The van der Waals surface area contributed by atoms with Gasteiger partial charge in [-0.25, -0.2) is 4.90 Å². The average molecular weight is 692 g/mol. The van der Waals surface area contributed by atoms with Crippen molar-refractivity contribution in [2.75, 3.05) is 28.2 Å². The number of rotatable bonds is 8. The van der Waals surface area contributed by atoms with Crippen molar-refractivity contribution in [3.8, 4) is 0 Å². The van der Waals surface area contributed by atoms with Crippen molar-refractivity contribution >= 4 is 73.8 Å². The monoisotopic (exact) mass is 690 g/mol. The van der Waals surface area contributed by atoms with Crippen LogP contribution in [-0.2, 0) is 20.9 Å². The second-order valence-electron chi connectivity index (χ2n) is 10.8. The Morgan fingerprint density at radius 3 is 2.20 bits per heavy atom. The summed E-state index contributed by atoms with van der Waals surface area (Å²) in [4.78, 5) is 58.5. The smallest absolute Gasteiger partial charge is 0.308 e. The molecule has 2 aliphatic heterocycles. The number of imide groups is 1. The lowest BCUT2D eigenvalue weighted by atomic mass is 9.83. The summed E-state index contributed by atoms with van der Waals surface area (Å²) in [6.07, 6.45) is 0. The van der Waals surface area contributed by atoms with Crippen LogP contribution in [0.15, 0.2) is 87.1 Å². The quantitative estimate of drug-likeness (QED) is 0.220. The molecule has 226 valence electrons. The van der Waals surface area contributed by atoms with Gasteiger partial charge in [-0.3, -0.25) is 23.7 Å². The van der Waals surface area contributed by atoms with Gasteiger partial charge in [-0.2, -0.15) is 0 Å². The van der Waals surface area contributed by atoms with Crippen molar-refractivity contribution in [2.45, 2.75) is 43.5 Å². The maximum absolute atomic E-state index is 14.1. The Bertz CT molecular complexity index is 1780. The topological polar surface area (TPSA) is 91.7 Å². The van der Waals surface area contributed by atoms with Crippen LogP contribution in [0.2, 0.25) is 0 Å². The van der Waals surface area contributed by atoms with Crippen molar-refractivity contribution in [2.24, 2.45) is 5.92 Å². The first-order valence-electron chi connectivity index (χ1n) is 14.4. The molecule has 0 saturated carbocycles. The van der Waals surface area contributed by atoms with Crippen LogP contribution in [0.1, 0.15) is 35.8 Å². The Balaban J connectivity index is 1.41. The number of hydrogen-bond donors (Lipinski definition) is 1. The fourth-order valence-electron chi connectivity index (χ4n) is 5.92. The van der Waals surface area contributed by atoms with Crippen molar-refractivity contribution in [3.63, 3.8) is 0 Å². The third-order valence-electron chi connectivity index (χ3n) is 8.15. The number of halogens is 1. The second kappa shape index (κ2) is 12.4. The maximum atomic E-state index is 14.1. The highest BCUT2D eigenvalue weighted by atomic mass is 79.9. The number of aromatic nitrogens is 1. The molecule has 0 bridgehead atoms. The van der Waals surface area contributed by atoms with E-state index >= 15 is 0 Å². The normalized spacial score (nSPS) is 19.1. The van der Waals surface area contributed by atoms with Gasteiger partial charge in [0.1, 0.15) is 11.8 Å². The molecule has 1 N–H and O–H groups in total. The molecular weight excluding hydrogens is 660 g/mol. The molecule has 0 spiro atoms. The Morgan fingerprint density at radius 1 is 0.909 bits per heavy atom. The summed E-state index contributed by atoms with van der Waals surface area (Å²) < 4.78 is 2.29. The van der Waals surface area contributed by atoms with Gasteiger partial charge in [-0.1, -0.05) is 68.9 Å². The largest absolute Gasteiger partial charge is 0.372 e. The zero-order chi connectivity index (χ0) is 31.1. The number of thiazole rings is 1. The van der Waals surface area contributed by atoms with E-state index in [4.69, 9.17) is 0 Å². The minimum absolute atomic E-state index is 0.199. The molecule has 44 heavy (non-hydrogen) atoms. The molecule has 0 aliphatic carbocycles. The summed E-state index contributed by atoms with van der Waals surface area (Å²) in [5.74, 6) is -2.17. The number of anilines is 3. The highest BCUT2D eigenvalue weighted by molar-refractivity contribution is 9.10. The number of nitrogens with one attached hydrogen (secondary N) is 1. The van der Waals surface area contributed by atoms with Gasteiger partial charge in [-0.15, -0.1) is 0 Å². The molecule has 4 aromatic rings. The highest BCUT2D eigenvalue weighted by Gasteiger charge is 2.56. The predicted octanol–water partition coefficient (Wildman–Crippen LogP) is 6.26. The van der Waals surface area contributed by atoms with Crippen LogP contribution in [-0.4, -0.2) is 40.6 Å². The molecule has 3 amide bonds. The van der Waals surface area contributed by atoms with E-state index < -0.39 is 17.1 Å². The van der Waals surface area contributed by atoms with Crippen LogP contribution in [0.4, 0.5) is 17.1 Å². The van der Waals surface area contributed by atoms with Crippen LogP contribution < -0.4 is 20.0 Å². The lowest BCUT2D eigenvalue weighted by molar-refractivity contribution is -0.122. The lowest BCUT2D eigenvalue weighted by Crippen LogP contribution is -2.33. The Kier molecular flexibility index (Phi) is 8.54. The van der Waals surface area contributed by atoms with E-state index in [1.165, 1.54) is 21.2 Å². The number of aryl methyl sites for hydroxylation is 1. The fraction of sp³-hybridized carbons (Fsp3) is 0.273. The van der Waals surface area contributed by atoms with Crippen molar-refractivity contribution < 1.29 is 14.4 Å². The first kappa shape index (κ1) is 30.4. The highest BCUT2D eigenvalue weighted by Crippen LogP contribution is 2.54. The van der Waals surface area contributed by atoms with E-state index in [0.29, 0.717) is 21.3 Å². The van der Waals surface area contributed by atoms with Crippen molar-refractivity contribution in [1.29, 1.82) is 0 Å². The molecule has 6 rings (SSSR count). The third-order valence-corrected chi connectivity index (χ3v) is 11.3. The number of benzene rings is 3. The first-order chi connectivity index (χ1) is 21.2. The molecule has 3 atom stereocenters. The van der Waals surface area contributed by atoms with E-state index in [-0.39, 0.29) is 29.1 Å². The second-order valence-corrected chi connectivity index (χ2v) is 13.9. The zero-order valence-corrected chi connectivity index (χ0v) is 27.7. The molecule has 3 aromatic carbocycles. The minimum atomic E-state index is -0.744. The molecule has 1 fully saturated rings. The Labute approximate surface area is 272 Å². The maximum Gasteiger partial charge on any atom is 0.308 e. The van der Waals surface area contributed by atoms with E-state index in [0.717, 1.165) is 45.7 Å². The fourth-order valence-corrected chi connectivity index (χ4v) is 8.96. The van der Waals surface area contributed by atoms with E-state index in [1.54, 1.807) is 24.3 Å².